The molecule has 5 heteroatoms. The highest BCUT2D eigenvalue weighted by atomic mass is 16.2. The number of fused-ring (bicyclic) bond motifs is 1. The Kier molecular flexibility index (Phi) is 4.08. The predicted molar refractivity (Wildman–Crippen MR) is 78.0 cm³/mol. The zero-order valence-corrected chi connectivity index (χ0v) is 11.4. The van der Waals surface area contributed by atoms with Crippen LogP contribution in [0.25, 0.3) is 0 Å². The Bertz CT molecular complexity index is 488. The van der Waals surface area contributed by atoms with Crippen molar-refractivity contribution in [3.05, 3.63) is 35.9 Å². The Morgan fingerprint density at radius 1 is 1.20 bits per heavy atom. The minimum atomic E-state index is -0.173. The van der Waals surface area contributed by atoms with Gasteiger partial charge in [-0.15, -0.1) is 0 Å². The van der Waals surface area contributed by atoms with E-state index in [2.05, 4.69) is 21.4 Å². The molecule has 1 saturated carbocycles. The van der Waals surface area contributed by atoms with E-state index in [-0.39, 0.29) is 11.9 Å². The molecule has 3 atom stereocenters. The molecular formula is C15H20N4O. The smallest absolute Gasteiger partial charge is 0.258 e. The molecule has 2 aliphatic rings. The molecule has 0 aromatic heterocycles. The van der Waals surface area contributed by atoms with Crippen LogP contribution in [-0.2, 0) is 4.79 Å². The van der Waals surface area contributed by atoms with Crippen molar-refractivity contribution in [2.24, 2.45) is 11.0 Å². The first kappa shape index (κ1) is 13.3. The van der Waals surface area contributed by atoms with Gasteiger partial charge in [-0.3, -0.25) is 10.2 Å². The Labute approximate surface area is 118 Å². The highest BCUT2D eigenvalue weighted by Crippen LogP contribution is 2.29. The summed E-state index contributed by atoms with van der Waals surface area (Å²) in [6, 6.07) is 9.99. The minimum absolute atomic E-state index is 0.0564. The van der Waals surface area contributed by atoms with E-state index in [9.17, 15) is 4.79 Å². The molecule has 1 saturated heterocycles. The normalized spacial score (nSPS) is 29.3. The first-order valence-corrected chi connectivity index (χ1v) is 7.23. The topological polar surface area (TPSA) is 65.5 Å². The molecule has 0 spiro atoms. The summed E-state index contributed by atoms with van der Waals surface area (Å²) in [5.74, 6) is 0.328. The van der Waals surface area contributed by atoms with Crippen molar-refractivity contribution in [2.45, 2.75) is 37.8 Å². The highest BCUT2D eigenvalue weighted by molar-refractivity contribution is 5.85. The Morgan fingerprint density at radius 3 is 2.85 bits per heavy atom. The monoisotopic (exact) mass is 272 g/mol. The second-order valence-corrected chi connectivity index (χ2v) is 5.47. The van der Waals surface area contributed by atoms with Crippen LogP contribution >= 0.6 is 0 Å². The van der Waals surface area contributed by atoms with Crippen LogP contribution in [0.1, 0.15) is 31.2 Å². The Hall–Kier alpha value is -1.72. The molecule has 20 heavy (non-hydrogen) atoms. The van der Waals surface area contributed by atoms with E-state index >= 15 is 0 Å². The van der Waals surface area contributed by atoms with E-state index in [1.807, 2.05) is 30.3 Å². The van der Waals surface area contributed by atoms with Gasteiger partial charge in [0.15, 0.2) is 0 Å². The molecule has 1 aromatic rings. The summed E-state index contributed by atoms with van der Waals surface area (Å²) >= 11 is 0. The third-order valence-corrected chi connectivity index (χ3v) is 4.14. The van der Waals surface area contributed by atoms with Gasteiger partial charge in [-0.25, -0.2) is 10.9 Å². The van der Waals surface area contributed by atoms with Crippen LogP contribution in [0.4, 0.5) is 0 Å². The zero-order chi connectivity index (χ0) is 13.8. The first-order valence-electron chi connectivity index (χ1n) is 7.23. The maximum Gasteiger partial charge on any atom is 0.258 e. The van der Waals surface area contributed by atoms with Crippen LogP contribution in [0.3, 0.4) is 0 Å². The van der Waals surface area contributed by atoms with Crippen molar-refractivity contribution in [1.82, 2.24) is 16.3 Å². The molecule has 3 N–H and O–H groups in total. The molecular weight excluding hydrogens is 252 g/mol. The minimum Gasteiger partial charge on any atom is -0.271 e. The third kappa shape index (κ3) is 2.89. The summed E-state index contributed by atoms with van der Waals surface area (Å²) in [5.41, 5.74) is 9.95. The average Bonchev–Trinajstić information content (AvgIpc) is 2.92. The zero-order valence-electron chi connectivity index (χ0n) is 11.4. The van der Waals surface area contributed by atoms with E-state index in [1.54, 1.807) is 6.21 Å². The van der Waals surface area contributed by atoms with Gasteiger partial charge >= 0.3 is 0 Å². The summed E-state index contributed by atoms with van der Waals surface area (Å²) in [5, 5.41) is 4.03. The largest absolute Gasteiger partial charge is 0.271 e. The lowest BCUT2D eigenvalue weighted by molar-refractivity contribution is -0.123. The van der Waals surface area contributed by atoms with Gasteiger partial charge in [-0.1, -0.05) is 43.2 Å². The van der Waals surface area contributed by atoms with Gasteiger partial charge in [-0.2, -0.15) is 5.10 Å². The van der Waals surface area contributed by atoms with E-state index in [0.717, 1.165) is 18.4 Å². The van der Waals surface area contributed by atoms with E-state index in [4.69, 9.17) is 0 Å². The van der Waals surface area contributed by atoms with Crippen LogP contribution in [0.5, 0.6) is 0 Å². The molecule has 0 bridgehead atoms. The van der Waals surface area contributed by atoms with Crippen LogP contribution < -0.4 is 16.3 Å². The van der Waals surface area contributed by atoms with Crippen molar-refractivity contribution >= 4 is 12.1 Å². The van der Waals surface area contributed by atoms with Crippen molar-refractivity contribution in [3.8, 4) is 0 Å². The highest BCUT2D eigenvalue weighted by Gasteiger charge is 2.40. The second-order valence-electron chi connectivity index (χ2n) is 5.47. The lowest BCUT2D eigenvalue weighted by Gasteiger charge is -2.26. The van der Waals surface area contributed by atoms with Gasteiger partial charge in [-0.05, 0) is 18.4 Å². The number of benzene rings is 1. The third-order valence-electron chi connectivity index (χ3n) is 4.14. The molecule has 106 valence electrons. The number of carbonyl (C=O) groups is 1. The van der Waals surface area contributed by atoms with Crippen LogP contribution in [0.2, 0.25) is 0 Å². The van der Waals surface area contributed by atoms with Gasteiger partial charge < -0.3 is 0 Å². The lowest BCUT2D eigenvalue weighted by Crippen LogP contribution is -2.44. The molecule has 2 fully saturated rings. The van der Waals surface area contributed by atoms with Crippen LogP contribution in [-0.4, -0.2) is 24.2 Å². The maximum absolute atomic E-state index is 12.2. The van der Waals surface area contributed by atoms with E-state index in [0.29, 0.717) is 12.0 Å². The molecule has 3 rings (SSSR count). The fourth-order valence-corrected chi connectivity index (χ4v) is 3.08. The average molecular weight is 272 g/mol. The number of hydrazine groups is 1. The molecule has 5 nitrogen and oxygen atoms in total. The fourth-order valence-electron chi connectivity index (χ4n) is 3.08. The molecule has 1 aromatic carbocycles. The van der Waals surface area contributed by atoms with Gasteiger partial charge in [0.25, 0.3) is 5.91 Å². The molecule has 1 amide bonds. The summed E-state index contributed by atoms with van der Waals surface area (Å²) < 4.78 is 0. The number of nitrogens with one attached hydrogen (secondary N) is 3. The second kappa shape index (κ2) is 6.15. The van der Waals surface area contributed by atoms with Crippen molar-refractivity contribution < 1.29 is 4.79 Å². The molecule has 1 aliphatic carbocycles. The van der Waals surface area contributed by atoms with Gasteiger partial charge in [0.1, 0.15) is 6.04 Å². The number of rotatable bonds is 3. The molecule has 3 unspecified atom stereocenters. The van der Waals surface area contributed by atoms with Crippen molar-refractivity contribution in [3.63, 3.8) is 0 Å². The van der Waals surface area contributed by atoms with Crippen LogP contribution in [0, 0.1) is 5.92 Å². The Balaban J connectivity index is 1.56. The molecule has 1 aliphatic heterocycles. The number of amides is 1. The summed E-state index contributed by atoms with van der Waals surface area (Å²) in [6.07, 6.45) is 6.37. The predicted octanol–water partition coefficient (Wildman–Crippen LogP) is 1.17. The van der Waals surface area contributed by atoms with Gasteiger partial charge in [0.2, 0.25) is 0 Å². The molecule has 0 radical (unpaired) electrons. The number of nitrogens with zero attached hydrogens (tertiary/aromatic N) is 1. The fraction of sp³-hybridized carbons (Fsp3) is 0.467. The number of carbonyl (C=O) groups excluding carboxylic acids is 1. The summed E-state index contributed by atoms with van der Waals surface area (Å²) in [7, 11) is 0. The van der Waals surface area contributed by atoms with E-state index in [1.165, 1.54) is 12.8 Å². The lowest BCUT2D eigenvalue weighted by atomic mass is 9.81. The van der Waals surface area contributed by atoms with Gasteiger partial charge in [0.05, 0.1) is 6.21 Å². The number of hydrogen-bond donors (Lipinski definition) is 3. The van der Waals surface area contributed by atoms with Crippen LogP contribution in [0.15, 0.2) is 35.4 Å². The SMILES string of the molecule is O=C(N/N=C\c1ccccc1)C1NNC2CCCCC21. The number of hydrogen-bond acceptors (Lipinski definition) is 4. The van der Waals surface area contributed by atoms with Crippen molar-refractivity contribution in [1.29, 1.82) is 0 Å². The Morgan fingerprint density at radius 2 is 2.00 bits per heavy atom. The van der Waals surface area contributed by atoms with E-state index < -0.39 is 0 Å². The standard InChI is InChI=1S/C15H20N4O/c20-15(19-16-10-11-6-2-1-3-7-11)14-12-8-4-5-9-13(12)17-18-14/h1-3,6-7,10,12-14,17-18H,4-5,8-9H2,(H,19,20)/b16-10-. The number of hydrazone groups is 1. The van der Waals surface area contributed by atoms with Gasteiger partial charge in [0, 0.05) is 12.0 Å². The first-order chi connectivity index (χ1) is 9.84. The maximum atomic E-state index is 12.2. The molecule has 1 heterocycles. The summed E-state index contributed by atoms with van der Waals surface area (Å²) in [4.78, 5) is 12.2. The quantitative estimate of drug-likeness (QED) is 0.571. The summed E-state index contributed by atoms with van der Waals surface area (Å²) in [6.45, 7) is 0. The van der Waals surface area contributed by atoms with Crippen molar-refractivity contribution in [2.75, 3.05) is 0 Å².